The number of hydrogen-bond donors (Lipinski definition) is 0. The quantitative estimate of drug-likeness (QED) is 0.814. The van der Waals surface area contributed by atoms with Gasteiger partial charge in [-0.1, -0.05) is 39.0 Å². The van der Waals surface area contributed by atoms with E-state index in [4.69, 9.17) is 4.74 Å². The molecule has 2 amide bonds. The molecule has 0 aromatic heterocycles. The van der Waals surface area contributed by atoms with Crippen LogP contribution in [0.1, 0.15) is 33.6 Å². The first-order valence-corrected chi connectivity index (χ1v) is 10.2. The average Bonchev–Trinajstić information content (AvgIpc) is 3.03. The van der Waals surface area contributed by atoms with E-state index >= 15 is 0 Å². The summed E-state index contributed by atoms with van der Waals surface area (Å²) >= 11 is 1.86. The molecule has 1 spiro atoms. The van der Waals surface area contributed by atoms with Gasteiger partial charge in [-0.25, -0.2) is 0 Å². The van der Waals surface area contributed by atoms with E-state index in [1.807, 2.05) is 72.7 Å². The van der Waals surface area contributed by atoms with Crippen molar-refractivity contribution in [2.24, 2.45) is 5.41 Å². The van der Waals surface area contributed by atoms with Crippen molar-refractivity contribution < 1.29 is 14.3 Å². The van der Waals surface area contributed by atoms with Crippen molar-refractivity contribution in [2.45, 2.75) is 38.5 Å². The number of piperidine rings is 1. The van der Waals surface area contributed by atoms with Crippen molar-refractivity contribution in [1.29, 1.82) is 0 Å². The zero-order chi connectivity index (χ0) is 18.8. The maximum Gasteiger partial charge on any atom is 0.261 e. The van der Waals surface area contributed by atoms with E-state index in [-0.39, 0.29) is 28.7 Å². The SMILES string of the molecule is CC(C)(C)C(=O)N1CCC2(CC1)SCCN2C(=O)COc1ccccc1. The molecule has 1 aromatic carbocycles. The predicted molar refractivity (Wildman–Crippen MR) is 104 cm³/mol. The van der Waals surface area contributed by atoms with E-state index in [9.17, 15) is 9.59 Å². The van der Waals surface area contributed by atoms with Gasteiger partial charge in [0, 0.05) is 30.8 Å². The van der Waals surface area contributed by atoms with Crippen molar-refractivity contribution in [2.75, 3.05) is 32.0 Å². The number of thioether (sulfide) groups is 1. The lowest BCUT2D eigenvalue weighted by Crippen LogP contribution is -2.55. The number of amides is 2. The summed E-state index contributed by atoms with van der Waals surface area (Å²) in [6, 6.07) is 9.44. The molecule has 2 aliphatic heterocycles. The summed E-state index contributed by atoms with van der Waals surface area (Å²) in [5.74, 6) is 1.90. The number of carbonyl (C=O) groups excluding carboxylic acids is 2. The third-order valence-electron chi connectivity index (χ3n) is 5.06. The monoisotopic (exact) mass is 376 g/mol. The van der Waals surface area contributed by atoms with Gasteiger partial charge in [-0.05, 0) is 25.0 Å². The summed E-state index contributed by atoms with van der Waals surface area (Å²) in [5.41, 5.74) is -0.355. The van der Waals surface area contributed by atoms with E-state index in [0.29, 0.717) is 18.8 Å². The van der Waals surface area contributed by atoms with Crippen LogP contribution in [0.25, 0.3) is 0 Å². The lowest BCUT2D eigenvalue weighted by Gasteiger charge is -2.45. The number of hydrogen-bond acceptors (Lipinski definition) is 4. The van der Waals surface area contributed by atoms with E-state index in [1.165, 1.54) is 0 Å². The third kappa shape index (κ3) is 4.00. The van der Waals surface area contributed by atoms with Crippen LogP contribution in [-0.2, 0) is 9.59 Å². The summed E-state index contributed by atoms with van der Waals surface area (Å²) in [4.78, 5) is 29.1. The number of para-hydroxylation sites is 1. The van der Waals surface area contributed by atoms with Crippen LogP contribution >= 0.6 is 11.8 Å². The molecule has 0 radical (unpaired) electrons. The molecule has 26 heavy (non-hydrogen) atoms. The Balaban J connectivity index is 1.59. The maximum absolute atomic E-state index is 12.8. The van der Waals surface area contributed by atoms with Gasteiger partial charge in [0.05, 0.1) is 4.87 Å². The molecule has 5 nitrogen and oxygen atoms in total. The van der Waals surface area contributed by atoms with Gasteiger partial charge in [0.2, 0.25) is 5.91 Å². The topological polar surface area (TPSA) is 49.9 Å². The second-order valence-electron chi connectivity index (χ2n) is 7.98. The molecule has 3 rings (SSSR count). The second-order valence-corrected chi connectivity index (χ2v) is 9.44. The Kier molecular flexibility index (Phi) is 5.51. The zero-order valence-corrected chi connectivity index (χ0v) is 16.7. The Morgan fingerprint density at radius 3 is 2.38 bits per heavy atom. The van der Waals surface area contributed by atoms with Crippen LogP contribution in [-0.4, -0.2) is 58.5 Å². The summed E-state index contributed by atoms with van der Waals surface area (Å²) in [5, 5.41) is 0. The molecule has 0 unspecified atom stereocenters. The molecule has 2 aliphatic rings. The van der Waals surface area contributed by atoms with Crippen LogP contribution in [0.15, 0.2) is 30.3 Å². The lowest BCUT2D eigenvalue weighted by atomic mass is 9.92. The maximum atomic E-state index is 12.8. The summed E-state index contributed by atoms with van der Waals surface area (Å²) in [6.45, 7) is 8.13. The molecular weight excluding hydrogens is 348 g/mol. The molecule has 6 heteroatoms. The molecule has 2 heterocycles. The van der Waals surface area contributed by atoms with Gasteiger partial charge in [-0.3, -0.25) is 9.59 Å². The molecule has 0 N–H and O–H groups in total. The zero-order valence-electron chi connectivity index (χ0n) is 15.9. The van der Waals surface area contributed by atoms with Gasteiger partial charge in [-0.2, -0.15) is 0 Å². The van der Waals surface area contributed by atoms with Crippen LogP contribution in [0, 0.1) is 5.41 Å². The van der Waals surface area contributed by atoms with E-state index < -0.39 is 0 Å². The average molecular weight is 377 g/mol. The minimum atomic E-state index is -0.355. The molecular formula is C20H28N2O3S. The number of rotatable bonds is 3. The van der Waals surface area contributed by atoms with Gasteiger partial charge in [0.25, 0.3) is 5.91 Å². The Morgan fingerprint density at radius 2 is 1.77 bits per heavy atom. The molecule has 0 aliphatic carbocycles. The van der Waals surface area contributed by atoms with Crippen LogP contribution in [0.5, 0.6) is 5.75 Å². The van der Waals surface area contributed by atoms with Crippen LogP contribution in [0.4, 0.5) is 0 Å². The number of benzene rings is 1. The molecule has 1 aromatic rings. The van der Waals surface area contributed by atoms with Gasteiger partial charge >= 0.3 is 0 Å². The highest BCUT2D eigenvalue weighted by Gasteiger charge is 2.47. The fourth-order valence-corrected chi connectivity index (χ4v) is 5.12. The molecule has 2 fully saturated rings. The van der Waals surface area contributed by atoms with Crippen LogP contribution in [0.3, 0.4) is 0 Å². The summed E-state index contributed by atoms with van der Waals surface area (Å²) in [6.07, 6.45) is 1.66. The Hall–Kier alpha value is -1.69. The lowest BCUT2D eigenvalue weighted by molar-refractivity contribution is -0.143. The number of ether oxygens (including phenoxy) is 1. The van der Waals surface area contributed by atoms with Crippen LogP contribution in [0.2, 0.25) is 0 Å². The Labute approximate surface area is 160 Å². The van der Waals surface area contributed by atoms with Crippen molar-refractivity contribution >= 4 is 23.6 Å². The third-order valence-corrected chi connectivity index (χ3v) is 6.61. The first kappa shape index (κ1) is 19.1. The van der Waals surface area contributed by atoms with E-state index in [1.54, 1.807) is 0 Å². The molecule has 0 bridgehead atoms. The number of nitrogens with zero attached hydrogens (tertiary/aromatic N) is 2. The van der Waals surface area contributed by atoms with E-state index in [0.717, 1.165) is 25.1 Å². The fourth-order valence-electron chi connectivity index (χ4n) is 3.65. The second kappa shape index (κ2) is 7.51. The van der Waals surface area contributed by atoms with Crippen molar-refractivity contribution in [3.63, 3.8) is 0 Å². The molecule has 142 valence electrons. The minimum Gasteiger partial charge on any atom is -0.484 e. The Morgan fingerprint density at radius 1 is 1.12 bits per heavy atom. The van der Waals surface area contributed by atoms with E-state index in [2.05, 4.69) is 0 Å². The number of likely N-dealkylation sites (tertiary alicyclic amines) is 1. The molecule has 2 saturated heterocycles. The highest BCUT2D eigenvalue weighted by atomic mass is 32.2. The van der Waals surface area contributed by atoms with Gasteiger partial charge < -0.3 is 14.5 Å². The molecule has 0 saturated carbocycles. The molecule has 0 atom stereocenters. The highest BCUT2D eigenvalue weighted by Crippen LogP contribution is 2.44. The number of carbonyl (C=O) groups is 2. The fraction of sp³-hybridized carbons (Fsp3) is 0.600. The van der Waals surface area contributed by atoms with Crippen molar-refractivity contribution in [1.82, 2.24) is 9.80 Å². The highest BCUT2D eigenvalue weighted by molar-refractivity contribution is 8.00. The predicted octanol–water partition coefficient (Wildman–Crippen LogP) is 3.01. The standard InChI is InChI=1S/C20H28N2O3S/c1-19(2,3)18(24)21-11-9-20(10-12-21)22(13-14-26-20)17(23)15-25-16-7-5-4-6-8-16/h4-8H,9-15H2,1-3H3. The van der Waals surface area contributed by atoms with Crippen molar-refractivity contribution in [3.05, 3.63) is 30.3 Å². The Bertz CT molecular complexity index is 649. The first-order chi connectivity index (χ1) is 12.3. The summed E-state index contributed by atoms with van der Waals surface area (Å²) in [7, 11) is 0. The van der Waals surface area contributed by atoms with Gasteiger partial charge in [0.15, 0.2) is 6.61 Å². The van der Waals surface area contributed by atoms with Gasteiger partial charge in [0.1, 0.15) is 5.75 Å². The van der Waals surface area contributed by atoms with Crippen LogP contribution < -0.4 is 4.74 Å². The minimum absolute atomic E-state index is 0.0365. The summed E-state index contributed by atoms with van der Waals surface area (Å²) < 4.78 is 5.65. The van der Waals surface area contributed by atoms with Crippen molar-refractivity contribution in [3.8, 4) is 5.75 Å². The smallest absolute Gasteiger partial charge is 0.261 e. The first-order valence-electron chi connectivity index (χ1n) is 9.23. The normalized spacial score (nSPS) is 19.7. The largest absolute Gasteiger partial charge is 0.484 e. The van der Waals surface area contributed by atoms with Gasteiger partial charge in [-0.15, -0.1) is 11.8 Å².